The molecule has 2 rings (SSSR count). The molecule has 1 atom stereocenters. The monoisotopic (exact) mass is 305 g/mol. The average molecular weight is 305 g/mol. The molecule has 0 saturated heterocycles. The van der Waals surface area contributed by atoms with E-state index in [2.05, 4.69) is 29.4 Å². The number of nitrogens with one attached hydrogen (secondary N) is 1. The number of hydrogen-bond donors (Lipinski definition) is 1. The van der Waals surface area contributed by atoms with Gasteiger partial charge in [-0.05, 0) is 25.0 Å². The maximum Gasteiger partial charge on any atom is 0.277 e. The summed E-state index contributed by atoms with van der Waals surface area (Å²) in [5.41, 5.74) is 0.869. The number of carbonyl (C=O) groups excluding carboxylic acids is 1. The molecular formula is C15H19N3O2S. The zero-order valence-corrected chi connectivity index (χ0v) is 13.2. The minimum Gasteiger partial charge on any atom is -0.411 e. The van der Waals surface area contributed by atoms with Crippen LogP contribution in [0.15, 0.2) is 40.0 Å². The third-order valence-corrected chi connectivity index (χ3v) is 3.69. The van der Waals surface area contributed by atoms with Crippen LogP contribution in [0.1, 0.15) is 20.8 Å². The van der Waals surface area contributed by atoms with Gasteiger partial charge in [0.25, 0.3) is 5.22 Å². The van der Waals surface area contributed by atoms with Crippen LogP contribution in [0.4, 0.5) is 0 Å². The molecule has 0 radical (unpaired) electrons. The molecule has 21 heavy (non-hydrogen) atoms. The summed E-state index contributed by atoms with van der Waals surface area (Å²) in [5.74, 6) is 0.875. The van der Waals surface area contributed by atoms with E-state index in [0.717, 1.165) is 5.56 Å². The summed E-state index contributed by atoms with van der Waals surface area (Å²) in [5, 5.41) is 11.0. The van der Waals surface area contributed by atoms with Gasteiger partial charge in [-0.3, -0.25) is 4.79 Å². The molecule has 1 aromatic carbocycles. The summed E-state index contributed by atoms with van der Waals surface area (Å²) in [6.07, 6.45) is 0. The Hall–Kier alpha value is -1.82. The van der Waals surface area contributed by atoms with E-state index in [1.54, 1.807) is 0 Å². The molecular weight excluding hydrogens is 286 g/mol. The highest BCUT2D eigenvalue weighted by Gasteiger charge is 2.18. The number of carbonyl (C=O) groups is 1. The van der Waals surface area contributed by atoms with Crippen molar-refractivity contribution in [3.63, 3.8) is 0 Å². The standard InChI is InChI=1S/C15H19N3O2S/c1-10(2)9-16-13(19)11(3)21-15-18-17-14(20-15)12-7-5-4-6-8-12/h4-8,10-11H,9H2,1-3H3,(H,16,19)/t11-/m0/s1. The molecule has 0 unspecified atom stereocenters. The second-order valence-corrected chi connectivity index (χ2v) is 6.43. The van der Waals surface area contributed by atoms with Crippen molar-refractivity contribution in [1.29, 1.82) is 0 Å². The van der Waals surface area contributed by atoms with Crippen molar-refractivity contribution >= 4 is 17.7 Å². The van der Waals surface area contributed by atoms with Gasteiger partial charge in [-0.25, -0.2) is 0 Å². The van der Waals surface area contributed by atoms with Crippen molar-refractivity contribution in [3.8, 4) is 11.5 Å². The SMILES string of the molecule is CC(C)CNC(=O)[C@H](C)Sc1nnc(-c2ccccc2)o1. The Morgan fingerprint density at radius 3 is 2.62 bits per heavy atom. The van der Waals surface area contributed by atoms with Crippen LogP contribution in [0.3, 0.4) is 0 Å². The first-order chi connectivity index (χ1) is 10.1. The minimum absolute atomic E-state index is 0.0202. The van der Waals surface area contributed by atoms with Gasteiger partial charge in [0.05, 0.1) is 5.25 Å². The minimum atomic E-state index is -0.271. The average Bonchev–Trinajstić information content (AvgIpc) is 2.94. The predicted octanol–water partition coefficient (Wildman–Crippen LogP) is 2.99. The maximum absolute atomic E-state index is 11.9. The van der Waals surface area contributed by atoms with Gasteiger partial charge >= 0.3 is 0 Å². The fourth-order valence-electron chi connectivity index (χ4n) is 1.61. The van der Waals surface area contributed by atoms with Crippen molar-refractivity contribution in [2.75, 3.05) is 6.54 Å². The summed E-state index contributed by atoms with van der Waals surface area (Å²) in [7, 11) is 0. The van der Waals surface area contributed by atoms with Crippen LogP contribution in [0.25, 0.3) is 11.5 Å². The fourth-order valence-corrected chi connectivity index (χ4v) is 2.32. The lowest BCUT2D eigenvalue weighted by molar-refractivity contribution is -0.120. The van der Waals surface area contributed by atoms with Crippen LogP contribution in [-0.2, 0) is 4.79 Å². The van der Waals surface area contributed by atoms with Crippen LogP contribution < -0.4 is 5.32 Å². The maximum atomic E-state index is 11.9. The van der Waals surface area contributed by atoms with Gasteiger partial charge < -0.3 is 9.73 Å². The smallest absolute Gasteiger partial charge is 0.277 e. The Morgan fingerprint density at radius 2 is 1.95 bits per heavy atom. The van der Waals surface area contributed by atoms with Gasteiger partial charge in [-0.2, -0.15) is 0 Å². The van der Waals surface area contributed by atoms with E-state index in [-0.39, 0.29) is 11.2 Å². The first-order valence-corrected chi connectivity index (χ1v) is 7.77. The van der Waals surface area contributed by atoms with Crippen LogP contribution in [-0.4, -0.2) is 27.9 Å². The molecule has 1 heterocycles. The highest BCUT2D eigenvalue weighted by Crippen LogP contribution is 2.25. The van der Waals surface area contributed by atoms with Crippen molar-refractivity contribution in [1.82, 2.24) is 15.5 Å². The molecule has 2 aromatic rings. The van der Waals surface area contributed by atoms with E-state index in [1.165, 1.54) is 11.8 Å². The van der Waals surface area contributed by atoms with E-state index in [4.69, 9.17) is 4.42 Å². The van der Waals surface area contributed by atoms with Crippen LogP contribution in [0.2, 0.25) is 0 Å². The Bertz CT molecular complexity index is 584. The molecule has 1 N–H and O–H groups in total. The third kappa shape index (κ3) is 4.60. The summed E-state index contributed by atoms with van der Waals surface area (Å²) < 4.78 is 5.58. The normalized spacial score (nSPS) is 12.4. The van der Waals surface area contributed by atoms with Gasteiger partial charge in [0, 0.05) is 12.1 Å². The molecule has 0 saturated carbocycles. The number of rotatable bonds is 6. The lowest BCUT2D eigenvalue weighted by atomic mass is 10.2. The highest BCUT2D eigenvalue weighted by molar-refractivity contribution is 8.00. The van der Waals surface area contributed by atoms with Gasteiger partial charge in [0.15, 0.2) is 0 Å². The molecule has 0 fully saturated rings. The molecule has 0 aliphatic heterocycles. The molecule has 0 spiro atoms. The molecule has 1 amide bonds. The number of aromatic nitrogens is 2. The lowest BCUT2D eigenvalue weighted by Crippen LogP contribution is -2.33. The second kappa shape index (κ2) is 7.26. The molecule has 1 aromatic heterocycles. The largest absolute Gasteiger partial charge is 0.411 e. The molecule has 0 bridgehead atoms. The van der Waals surface area contributed by atoms with Crippen LogP contribution >= 0.6 is 11.8 Å². The number of nitrogens with zero attached hydrogens (tertiary/aromatic N) is 2. The van der Waals surface area contributed by atoms with E-state index in [1.807, 2.05) is 37.3 Å². The van der Waals surface area contributed by atoms with Gasteiger partial charge in [-0.1, -0.05) is 43.8 Å². The van der Waals surface area contributed by atoms with E-state index < -0.39 is 0 Å². The predicted molar refractivity (Wildman–Crippen MR) is 82.9 cm³/mol. The Balaban J connectivity index is 1.95. The number of amides is 1. The van der Waals surface area contributed by atoms with Crippen molar-refractivity contribution in [3.05, 3.63) is 30.3 Å². The van der Waals surface area contributed by atoms with E-state index in [0.29, 0.717) is 23.6 Å². The quantitative estimate of drug-likeness (QED) is 0.831. The lowest BCUT2D eigenvalue weighted by Gasteiger charge is -2.11. The zero-order valence-electron chi connectivity index (χ0n) is 12.4. The van der Waals surface area contributed by atoms with E-state index >= 15 is 0 Å². The summed E-state index contributed by atoms with van der Waals surface area (Å²) in [6, 6.07) is 9.56. The molecule has 6 heteroatoms. The third-order valence-electron chi connectivity index (χ3n) is 2.76. The summed E-state index contributed by atoms with van der Waals surface area (Å²) in [4.78, 5) is 11.9. The van der Waals surface area contributed by atoms with Crippen molar-refractivity contribution in [2.45, 2.75) is 31.2 Å². The Labute approximate surface area is 128 Å². The summed E-state index contributed by atoms with van der Waals surface area (Å²) in [6.45, 7) is 6.61. The zero-order chi connectivity index (χ0) is 15.2. The highest BCUT2D eigenvalue weighted by atomic mass is 32.2. The first-order valence-electron chi connectivity index (χ1n) is 6.89. The van der Waals surface area contributed by atoms with Crippen molar-refractivity contribution < 1.29 is 9.21 Å². The van der Waals surface area contributed by atoms with E-state index in [9.17, 15) is 4.79 Å². The topological polar surface area (TPSA) is 68.0 Å². The van der Waals surface area contributed by atoms with Gasteiger partial charge in [0.1, 0.15) is 0 Å². The first kappa shape index (κ1) is 15.6. The fraction of sp³-hybridized carbons (Fsp3) is 0.400. The molecule has 0 aliphatic carbocycles. The van der Waals surface area contributed by atoms with Gasteiger partial charge in [0.2, 0.25) is 11.8 Å². The van der Waals surface area contributed by atoms with Gasteiger partial charge in [-0.15, -0.1) is 10.2 Å². The number of hydrogen-bond acceptors (Lipinski definition) is 5. The van der Waals surface area contributed by atoms with Crippen LogP contribution in [0.5, 0.6) is 0 Å². The number of benzene rings is 1. The second-order valence-electron chi connectivity index (χ2n) is 5.14. The molecule has 5 nitrogen and oxygen atoms in total. The van der Waals surface area contributed by atoms with Crippen molar-refractivity contribution in [2.24, 2.45) is 5.92 Å². The number of thioether (sulfide) groups is 1. The molecule has 112 valence electrons. The summed E-state index contributed by atoms with van der Waals surface area (Å²) >= 11 is 1.27. The molecule has 0 aliphatic rings. The van der Waals surface area contributed by atoms with Crippen LogP contribution in [0, 0.1) is 5.92 Å². The Kier molecular flexibility index (Phi) is 5.38. The Morgan fingerprint density at radius 1 is 1.24 bits per heavy atom.